The van der Waals surface area contributed by atoms with E-state index >= 15 is 0 Å². The quantitative estimate of drug-likeness (QED) is 0.277. The van der Waals surface area contributed by atoms with Gasteiger partial charge in [-0.25, -0.2) is 9.68 Å². The van der Waals surface area contributed by atoms with Crippen LogP contribution in [0.3, 0.4) is 0 Å². The summed E-state index contributed by atoms with van der Waals surface area (Å²) in [5, 5.41) is 30.6. The molecule has 0 fully saturated rings. The largest absolute Gasteiger partial charge is 0.417 e. The van der Waals surface area contributed by atoms with E-state index in [2.05, 4.69) is 4.89 Å². The van der Waals surface area contributed by atoms with E-state index in [1.807, 2.05) is 0 Å². The van der Waals surface area contributed by atoms with Gasteiger partial charge >= 0.3 is 5.97 Å². The van der Waals surface area contributed by atoms with Gasteiger partial charge in [0.15, 0.2) is 0 Å². The first-order valence-corrected chi connectivity index (χ1v) is 9.07. The highest BCUT2D eigenvalue weighted by molar-refractivity contribution is 6.02. The Labute approximate surface area is 158 Å². The molecule has 4 atom stereocenters. The molecule has 0 aromatic carbocycles. The second-order valence-electron chi connectivity index (χ2n) is 7.93. The monoisotopic (exact) mass is 380 g/mol. The van der Waals surface area contributed by atoms with Gasteiger partial charge in [-0.2, -0.15) is 0 Å². The molecule has 3 N–H and O–H groups in total. The number of ketones is 1. The fourth-order valence-corrected chi connectivity index (χ4v) is 3.31. The molecule has 1 aliphatic heterocycles. The molecule has 2 aliphatic rings. The summed E-state index contributed by atoms with van der Waals surface area (Å²) in [5.74, 6) is -4.33. The van der Waals surface area contributed by atoms with Crippen molar-refractivity contribution in [1.82, 2.24) is 0 Å². The van der Waals surface area contributed by atoms with Gasteiger partial charge in [-0.05, 0) is 46.5 Å². The predicted molar refractivity (Wildman–Crippen MR) is 97.4 cm³/mol. The van der Waals surface area contributed by atoms with Crippen molar-refractivity contribution in [3.63, 3.8) is 0 Å². The van der Waals surface area contributed by atoms with Gasteiger partial charge in [0.1, 0.15) is 5.60 Å². The SMILES string of the molecule is CC1=C2/C=C/[C@](C)(O)C/C=C/[C@@](C)(OO)CCC[C@@H](C)C(=O)[C@]2(O)OC1=O. The first kappa shape index (κ1) is 21.5. The zero-order valence-corrected chi connectivity index (χ0v) is 16.2. The van der Waals surface area contributed by atoms with E-state index in [-0.39, 0.29) is 17.6 Å². The van der Waals surface area contributed by atoms with E-state index in [1.54, 1.807) is 32.9 Å². The second kappa shape index (κ2) is 7.67. The molecule has 0 unspecified atom stereocenters. The van der Waals surface area contributed by atoms with E-state index in [9.17, 15) is 25.1 Å². The number of rotatable bonds is 1. The molecule has 2 rings (SSSR count). The Hall–Kier alpha value is -1.80. The van der Waals surface area contributed by atoms with Crippen molar-refractivity contribution in [3.8, 4) is 0 Å². The summed E-state index contributed by atoms with van der Waals surface area (Å²) < 4.78 is 5.02. The normalized spacial score (nSPS) is 40.9. The van der Waals surface area contributed by atoms with Crippen LogP contribution in [0.4, 0.5) is 0 Å². The minimum Gasteiger partial charge on any atom is -0.417 e. The summed E-state index contributed by atoms with van der Waals surface area (Å²) >= 11 is 0. The standard InChI is InChI=1S/C20H28O7/c1-13-7-5-10-19(4,27-25)11-6-9-18(3,23)12-8-15-14(2)17(22)26-20(15,24)16(13)21/h6,8,11-13,23-25H,5,7,9-10H2,1-4H3/b11-6+,12-8+/t13-,18-,19+,20-/m1/s1. The third kappa shape index (κ3) is 4.55. The predicted octanol–water partition coefficient (Wildman–Crippen LogP) is 2.44. The van der Waals surface area contributed by atoms with Gasteiger partial charge in [0.05, 0.1) is 5.60 Å². The van der Waals surface area contributed by atoms with Gasteiger partial charge in [-0.1, -0.05) is 31.2 Å². The molecule has 150 valence electrons. The number of hydrogen-bond donors (Lipinski definition) is 3. The molecule has 27 heavy (non-hydrogen) atoms. The number of ether oxygens (including phenoxy) is 1. The summed E-state index contributed by atoms with van der Waals surface area (Å²) in [6.45, 7) is 6.37. The van der Waals surface area contributed by atoms with Crippen molar-refractivity contribution in [2.75, 3.05) is 0 Å². The van der Waals surface area contributed by atoms with Crippen LogP contribution in [0.25, 0.3) is 0 Å². The Bertz CT molecular complexity index is 703. The molecule has 0 bridgehead atoms. The molecular formula is C20H28O7. The lowest BCUT2D eigenvalue weighted by Gasteiger charge is -2.28. The Morgan fingerprint density at radius 3 is 2.52 bits per heavy atom. The zero-order valence-electron chi connectivity index (χ0n) is 16.2. The number of aliphatic hydroxyl groups is 2. The van der Waals surface area contributed by atoms with Crippen LogP contribution in [0.5, 0.6) is 0 Å². The molecule has 7 heteroatoms. The number of esters is 1. The summed E-state index contributed by atoms with van der Waals surface area (Å²) in [6, 6.07) is 0. The van der Waals surface area contributed by atoms with E-state index in [1.165, 1.54) is 19.1 Å². The van der Waals surface area contributed by atoms with E-state index in [0.29, 0.717) is 19.3 Å². The highest BCUT2D eigenvalue weighted by Gasteiger charge is 2.51. The number of hydrogen-bond acceptors (Lipinski definition) is 7. The Morgan fingerprint density at radius 2 is 1.89 bits per heavy atom. The minimum absolute atomic E-state index is 0.0502. The van der Waals surface area contributed by atoms with Crippen LogP contribution in [-0.2, 0) is 19.2 Å². The van der Waals surface area contributed by atoms with Gasteiger partial charge in [0, 0.05) is 17.1 Å². The second-order valence-corrected chi connectivity index (χ2v) is 7.93. The number of carbonyl (C=O) groups excluding carboxylic acids is 2. The van der Waals surface area contributed by atoms with Crippen molar-refractivity contribution in [3.05, 3.63) is 35.5 Å². The van der Waals surface area contributed by atoms with Crippen molar-refractivity contribution in [1.29, 1.82) is 0 Å². The molecule has 0 aromatic rings. The average Bonchev–Trinajstić information content (AvgIpc) is 2.81. The van der Waals surface area contributed by atoms with Gasteiger partial charge < -0.3 is 14.9 Å². The Balaban J connectivity index is 2.46. The maximum atomic E-state index is 12.8. The van der Waals surface area contributed by atoms with Gasteiger partial charge in [-0.3, -0.25) is 10.1 Å². The first-order valence-electron chi connectivity index (χ1n) is 9.07. The Kier molecular flexibility index (Phi) is 6.11. The maximum Gasteiger partial charge on any atom is 0.337 e. The summed E-state index contributed by atoms with van der Waals surface area (Å²) in [5.41, 5.74) is -2.08. The summed E-state index contributed by atoms with van der Waals surface area (Å²) in [4.78, 5) is 29.4. The van der Waals surface area contributed by atoms with E-state index < -0.39 is 34.7 Å². The lowest BCUT2D eigenvalue weighted by molar-refractivity contribution is -0.304. The van der Waals surface area contributed by atoms with Crippen LogP contribution in [0.2, 0.25) is 0 Å². The third-order valence-electron chi connectivity index (χ3n) is 5.23. The lowest BCUT2D eigenvalue weighted by Crippen LogP contribution is -2.44. The highest BCUT2D eigenvalue weighted by atomic mass is 17.1. The molecular weight excluding hydrogens is 352 g/mol. The molecule has 1 aliphatic carbocycles. The van der Waals surface area contributed by atoms with Crippen molar-refractivity contribution < 1.29 is 34.7 Å². The van der Waals surface area contributed by atoms with Crippen LogP contribution in [0.15, 0.2) is 35.5 Å². The topological polar surface area (TPSA) is 113 Å². The summed E-state index contributed by atoms with van der Waals surface area (Å²) in [6.07, 6.45) is 7.72. The maximum absolute atomic E-state index is 12.8. The molecule has 0 saturated heterocycles. The van der Waals surface area contributed by atoms with Gasteiger partial charge in [0.2, 0.25) is 5.78 Å². The highest BCUT2D eigenvalue weighted by Crippen LogP contribution is 2.36. The van der Waals surface area contributed by atoms with Crippen molar-refractivity contribution in [2.45, 2.75) is 70.4 Å². The fraction of sp³-hybridized carbons (Fsp3) is 0.600. The van der Waals surface area contributed by atoms with E-state index in [4.69, 9.17) is 4.74 Å². The minimum atomic E-state index is -2.36. The molecule has 0 saturated carbocycles. The molecule has 0 spiro atoms. The van der Waals surface area contributed by atoms with Crippen LogP contribution >= 0.6 is 0 Å². The molecule has 0 aromatic heterocycles. The molecule has 0 amide bonds. The molecule has 0 radical (unpaired) electrons. The zero-order chi connectivity index (χ0) is 20.5. The van der Waals surface area contributed by atoms with Crippen LogP contribution in [-0.4, -0.2) is 44.2 Å². The lowest BCUT2D eigenvalue weighted by atomic mass is 9.86. The first-order chi connectivity index (χ1) is 12.4. The molecule has 7 nitrogen and oxygen atoms in total. The van der Waals surface area contributed by atoms with Crippen LogP contribution < -0.4 is 0 Å². The number of carbonyl (C=O) groups is 2. The van der Waals surface area contributed by atoms with Gasteiger partial charge in [-0.15, -0.1) is 0 Å². The smallest absolute Gasteiger partial charge is 0.337 e. The van der Waals surface area contributed by atoms with Crippen molar-refractivity contribution in [2.24, 2.45) is 5.92 Å². The number of fused-ring (bicyclic) bond motifs is 1. The fourth-order valence-electron chi connectivity index (χ4n) is 3.31. The molecule has 1 heterocycles. The van der Waals surface area contributed by atoms with Crippen LogP contribution in [0, 0.1) is 5.92 Å². The van der Waals surface area contributed by atoms with Crippen molar-refractivity contribution >= 4 is 11.8 Å². The average molecular weight is 380 g/mol. The van der Waals surface area contributed by atoms with E-state index in [0.717, 1.165) is 0 Å². The Morgan fingerprint density at radius 1 is 1.22 bits per heavy atom. The third-order valence-corrected chi connectivity index (χ3v) is 5.23. The summed E-state index contributed by atoms with van der Waals surface area (Å²) in [7, 11) is 0. The van der Waals surface area contributed by atoms with Crippen LogP contribution in [0.1, 0.15) is 53.4 Å². The number of Topliss-reactive ketones (excluding diaryl/α,β-unsaturated/α-hetero) is 1. The van der Waals surface area contributed by atoms with Gasteiger partial charge in [0.25, 0.3) is 5.79 Å².